The maximum atomic E-state index is 12.7. The van der Waals surface area contributed by atoms with E-state index in [9.17, 15) is 28.1 Å². The molecule has 0 radical (unpaired) electrons. The highest BCUT2D eigenvalue weighted by atomic mass is 19.4. The van der Waals surface area contributed by atoms with Gasteiger partial charge in [0.15, 0.2) is 0 Å². The summed E-state index contributed by atoms with van der Waals surface area (Å²) in [5, 5.41) is 17.0. The molecule has 0 spiro atoms. The minimum atomic E-state index is -4.51. The third-order valence-corrected chi connectivity index (χ3v) is 4.07. The number of ether oxygens (including phenoxy) is 1. The van der Waals surface area contributed by atoms with Crippen molar-refractivity contribution in [1.82, 2.24) is 9.97 Å². The second-order valence-electron chi connectivity index (χ2n) is 6.04. The summed E-state index contributed by atoms with van der Waals surface area (Å²) >= 11 is 0. The Morgan fingerprint density at radius 1 is 1.03 bits per heavy atom. The monoisotopic (exact) mass is 433 g/mol. The number of carbonyl (C=O) groups is 1. The molecule has 0 aliphatic rings. The van der Waals surface area contributed by atoms with Crippen molar-refractivity contribution in [3.63, 3.8) is 0 Å². The molecule has 31 heavy (non-hydrogen) atoms. The summed E-state index contributed by atoms with van der Waals surface area (Å²) in [6.07, 6.45) is -3.48. The molecular weight excluding hydrogens is 419 g/mol. The van der Waals surface area contributed by atoms with Gasteiger partial charge in [-0.1, -0.05) is 12.1 Å². The van der Waals surface area contributed by atoms with Gasteiger partial charge >= 0.3 is 17.8 Å². The number of nitrogens with one attached hydrogen (secondary N) is 2. The van der Waals surface area contributed by atoms with Crippen molar-refractivity contribution < 1.29 is 27.6 Å². The van der Waals surface area contributed by atoms with Crippen LogP contribution >= 0.6 is 0 Å². The average Bonchev–Trinajstić information content (AvgIpc) is 2.73. The smallest absolute Gasteiger partial charge is 0.416 e. The van der Waals surface area contributed by atoms with Crippen molar-refractivity contribution >= 4 is 34.7 Å². The van der Waals surface area contributed by atoms with E-state index in [1.165, 1.54) is 19.2 Å². The fourth-order valence-electron chi connectivity index (χ4n) is 2.62. The number of rotatable bonds is 6. The number of aromatic nitrogens is 2. The second-order valence-corrected chi connectivity index (χ2v) is 6.04. The molecule has 0 saturated carbocycles. The van der Waals surface area contributed by atoms with Crippen molar-refractivity contribution in [2.45, 2.75) is 6.18 Å². The van der Waals surface area contributed by atoms with Gasteiger partial charge in [0, 0.05) is 5.69 Å². The minimum Gasteiger partial charge on any atom is -0.465 e. The molecule has 3 rings (SSSR count). The van der Waals surface area contributed by atoms with Crippen molar-refractivity contribution in [2.75, 3.05) is 17.7 Å². The van der Waals surface area contributed by atoms with E-state index < -0.39 is 28.3 Å². The van der Waals surface area contributed by atoms with Crippen LogP contribution in [0.25, 0.3) is 0 Å². The second kappa shape index (κ2) is 8.65. The Labute approximate surface area is 173 Å². The van der Waals surface area contributed by atoms with E-state index in [2.05, 4.69) is 20.6 Å². The molecule has 0 unspecified atom stereocenters. The Kier molecular flexibility index (Phi) is 6.00. The summed E-state index contributed by atoms with van der Waals surface area (Å²) in [7, 11) is 1.19. The largest absolute Gasteiger partial charge is 0.465 e. The number of halogens is 3. The molecule has 0 amide bonds. The lowest BCUT2D eigenvalue weighted by molar-refractivity contribution is -0.383. The number of nitro groups is 1. The zero-order valence-electron chi connectivity index (χ0n) is 15.8. The van der Waals surface area contributed by atoms with E-state index in [0.717, 1.165) is 30.6 Å². The number of anilines is 4. The Hall–Kier alpha value is -4.22. The lowest BCUT2D eigenvalue weighted by Gasteiger charge is -2.12. The van der Waals surface area contributed by atoms with Crippen LogP contribution in [-0.2, 0) is 10.9 Å². The molecule has 0 aliphatic heterocycles. The van der Waals surface area contributed by atoms with E-state index in [4.69, 9.17) is 4.74 Å². The van der Waals surface area contributed by atoms with Crippen LogP contribution < -0.4 is 10.6 Å². The number of hydrogen-bond acceptors (Lipinski definition) is 8. The quantitative estimate of drug-likeness (QED) is 0.327. The van der Waals surface area contributed by atoms with Gasteiger partial charge < -0.3 is 15.4 Å². The molecule has 160 valence electrons. The van der Waals surface area contributed by atoms with E-state index in [-0.39, 0.29) is 28.6 Å². The summed E-state index contributed by atoms with van der Waals surface area (Å²) in [6, 6.07) is 10.1. The summed E-state index contributed by atoms with van der Waals surface area (Å²) in [6.45, 7) is 0. The van der Waals surface area contributed by atoms with Gasteiger partial charge in [0.1, 0.15) is 6.33 Å². The molecule has 1 aromatic heterocycles. The Bertz CT molecular complexity index is 1120. The van der Waals surface area contributed by atoms with Gasteiger partial charge in [0.2, 0.25) is 11.6 Å². The molecule has 0 saturated heterocycles. The van der Waals surface area contributed by atoms with Crippen molar-refractivity contribution in [3.8, 4) is 0 Å². The molecular formula is C19H14F3N5O4. The van der Waals surface area contributed by atoms with Crippen LogP contribution in [0.1, 0.15) is 15.9 Å². The van der Waals surface area contributed by atoms with Crippen LogP contribution in [0.2, 0.25) is 0 Å². The summed E-state index contributed by atoms with van der Waals surface area (Å²) in [5.41, 5.74) is -0.957. The van der Waals surface area contributed by atoms with Crippen LogP contribution in [0.15, 0.2) is 54.9 Å². The first-order valence-electron chi connectivity index (χ1n) is 8.58. The molecule has 0 aliphatic carbocycles. The van der Waals surface area contributed by atoms with Crippen LogP contribution in [0, 0.1) is 10.1 Å². The molecule has 0 atom stereocenters. The third-order valence-electron chi connectivity index (χ3n) is 4.07. The number of benzene rings is 2. The Morgan fingerprint density at radius 3 is 2.23 bits per heavy atom. The van der Waals surface area contributed by atoms with Gasteiger partial charge in [-0.05, 0) is 36.4 Å². The molecule has 2 N–H and O–H groups in total. The lowest BCUT2D eigenvalue weighted by atomic mass is 10.1. The Balaban J connectivity index is 1.96. The van der Waals surface area contributed by atoms with E-state index in [1.54, 1.807) is 12.1 Å². The number of alkyl halides is 3. The van der Waals surface area contributed by atoms with E-state index in [0.29, 0.717) is 0 Å². The Morgan fingerprint density at radius 2 is 1.65 bits per heavy atom. The maximum absolute atomic E-state index is 12.7. The average molecular weight is 433 g/mol. The number of hydrogen-bond donors (Lipinski definition) is 2. The highest BCUT2D eigenvalue weighted by Gasteiger charge is 2.30. The van der Waals surface area contributed by atoms with Crippen molar-refractivity contribution in [2.24, 2.45) is 0 Å². The molecule has 9 nitrogen and oxygen atoms in total. The summed E-state index contributed by atoms with van der Waals surface area (Å²) in [4.78, 5) is 30.6. The van der Waals surface area contributed by atoms with Gasteiger partial charge in [0.25, 0.3) is 0 Å². The summed E-state index contributed by atoms with van der Waals surface area (Å²) < 4.78 is 42.9. The number of methoxy groups -OCH3 is 1. The van der Waals surface area contributed by atoms with Gasteiger partial charge in [-0.15, -0.1) is 0 Å². The minimum absolute atomic E-state index is 0.121. The SMILES string of the molecule is COC(=O)c1ccccc1Nc1ncnc(Nc2ccc(C(F)(F)F)cc2)c1[N+](=O)[O-]. The zero-order valence-corrected chi connectivity index (χ0v) is 15.8. The number of carbonyl (C=O) groups excluding carboxylic acids is 1. The van der Waals surface area contributed by atoms with Gasteiger partial charge in [0.05, 0.1) is 28.8 Å². The predicted molar refractivity (Wildman–Crippen MR) is 104 cm³/mol. The van der Waals surface area contributed by atoms with Gasteiger partial charge in [-0.3, -0.25) is 10.1 Å². The predicted octanol–water partition coefficient (Wildman–Crippen LogP) is 4.68. The highest BCUT2D eigenvalue weighted by molar-refractivity contribution is 5.96. The fourth-order valence-corrected chi connectivity index (χ4v) is 2.62. The molecule has 3 aromatic rings. The van der Waals surface area contributed by atoms with Gasteiger partial charge in [-0.2, -0.15) is 13.2 Å². The van der Waals surface area contributed by atoms with Crippen LogP contribution in [0.4, 0.5) is 41.9 Å². The first-order chi connectivity index (χ1) is 14.7. The van der Waals surface area contributed by atoms with Crippen molar-refractivity contribution in [3.05, 3.63) is 76.1 Å². The molecule has 2 aromatic carbocycles. The number of esters is 1. The third kappa shape index (κ3) is 4.86. The standard InChI is InChI=1S/C19H14F3N5O4/c1-31-18(28)13-4-2-3-5-14(13)26-17-15(27(29)30)16(23-10-24-17)25-12-8-6-11(7-9-12)19(20,21)22/h2-10H,1H3,(H2,23,24,25,26). The molecule has 1 heterocycles. The first kappa shape index (κ1) is 21.5. The molecule has 0 bridgehead atoms. The van der Waals surface area contributed by atoms with Crippen molar-refractivity contribution in [1.29, 1.82) is 0 Å². The fraction of sp³-hybridized carbons (Fsp3) is 0.105. The normalized spacial score (nSPS) is 11.0. The van der Waals surface area contributed by atoms with E-state index in [1.807, 2.05) is 0 Å². The molecule has 12 heteroatoms. The highest BCUT2D eigenvalue weighted by Crippen LogP contribution is 2.35. The van der Waals surface area contributed by atoms with Gasteiger partial charge in [-0.25, -0.2) is 14.8 Å². The maximum Gasteiger partial charge on any atom is 0.416 e. The zero-order chi connectivity index (χ0) is 22.6. The van der Waals surface area contributed by atoms with Crippen LogP contribution in [0.3, 0.4) is 0 Å². The van der Waals surface area contributed by atoms with Crippen LogP contribution in [-0.4, -0.2) is 28.0 Å². The number of para-hydroxylation sites is 1. The topological polar surface area (TPSA) is 119 Å². The first-order valence-corrected chi connectivity index (χ1v) is 8.58. The number of nitrogens with zero attached hydrogens (tertiary/aromatic N) is 3. The van der Waals surface area contributed by atoms with E-state index >= 15 is 0 Å². The lowest BCUT2D eigenvalue weighted by Crippen LogP contribution is -2.09. The summed E-state index contributed by atoms with van der Waals surface area (Å²) in [5.74, 6) is -1.15. The molecule has 0 fully saturated rings. The van der Waals surface area contributed by atoms with Crippen LogP contribution in [0.5, 0.6) is 0 Å².